The van der Waals surface area contributed by atoms with Crippen molar-refractivity contribution >= 4 is 16.5 Å². The van der Waals surface area contributed by atoms with Gasteiger partial charge in [0.05, 0.1) is 5.69 Å². The van der Waals surface area contributed by atoms with Gasteiger partial charge in [0, 0.05) is 13.1 Å². The number of aryl methyl sites for hydroxylation is 1. The molecule has 1 N–H and O–H groups in total. The van der Waals surface area contributed by atoms with Gasteiger partial charge in [-0.15, -0.1) is 0 Å². The molecule has 1 aromatic rings. The largest absolute Gasteiger partial charge is 0.373 e. The molecular formula is C12H20N4S. The lowest BCUT2D eigenvalue weighted by Gasteiger charge is -2.19. The Morgan fingerprint density at radius 2 is 2.18 bits per heavy atom. The van der Waals surface area contributed by atoms with Gasteiger partial charge in [0.25, 0.3) is 0 Å². The molecule has 1 aromatic heterocycles. The van der Waals surface area contributed by atoms with Crippen LogP contribution in [0.15, 0.2) is 0 Å². The average Bonchev–Trinajstić information content (AvgIpc) is 2.68. The molecule has 0 aliphatic rings. The molecule has 0 atom stereocenters. The second kappa shape index (κ2) is 7.25. The van der Waals surface area contributed by atoms with Crippen molar-refractivity contribution in [3.05, 3.63) is 11.3 Å². The summed E-state index contributed by atoms with van der Waals surface area (Å²) in [6, 6.07) is 2.19. The van der Waals surface area contributed by atoms with E-state index in [4.69, 9.17) is 5.26 Å². The van der Waals surface area contributed by atoms with Gasteiger partial charge < -0.3 is 10.2 Å². The Kier molecular flexibility index (Phi) is 5.95. The molecule has 0 radical (unpaired) electrons. The zero-order chi connectivity index (χ0) is 12.7. The third-order valence-corrected chi connectivity index (χ3v) is 3.57. The van der Waals surface area contributed by atoms with E-state index in [1.807, 2.05) is 6.92 Å². The minimum atomic E-state index is 0.688. The maximum atomic E-state index is 8.99. The van der Waals surface area contributed by atoms with E-state index in [0.717, 1.165) is 36.9 Å². The van der Waals surface area contributed by atoms with Crippen LogP contribution in [0.3, 0.4) is 0 Å². The van der Waals surface area contributed by atoms with Gasteiger partial charge in [-0.25, -0.2) is 0 Å². The quantitative estimate of drug-likeness (QED) is 0.810. The second-order valence-corrected chi connectivity index (χ2v) is 4.72. The molecule has 0 aliphatic heterocycles. The van der Waals surface area contributed by atoms with Crippen molar-refractivity contribution in [1.82, 2.24) is 9.27 Å². The van der Waals surface area contributed by atoms with Crippen LogP contribution in [-0.4, -0.2) is 35.5 Å². The van der Waals surface area contributed by atoms with Gasteiger partial charge in [0.1, 0.15) is 16.6 Å². The Labute approximate surface area is 107 Å². The first-order chi connectivity index (χ1) is 8.22. The average molecular weight is 252 g/mol. The summed E-state index contributed by atoms with van der Waals surface area (Å²) in [5.41, 5.74) is 1.51. The molecule has 0 aliphatic carbocycles. The topological polar surface area (TPSA) is 52.0 Å². The summed E-state index contributed by atoms with van der Waals surface area (Å²) in [6.45, 7) is 10.3. The molecule has 5 heteroatoms. The summed E-state index contributed by atoms with van der Waals surface area (Å²) < 4.78 is 4.18. The third-order valence-electron chi connectivity index (χ3n) is 2.68. The van der Waals surface area contributed by atoms with E-state index in [-0.39, 0.29) is 0 Å². The van der Waals surface area contributed by atoms with Crippen LogP contribution in [0.1, 0.15) is 31.5 Å². The van der Waals surface area contributed by atoms with Crippen LogP contribution in [0.25, 0.3) is 0 Å². The number of hydrogen-bond acceptors (Lipinski definition) is 5. The predicted octanol–water partition coefficient (Wildman–Crippen LogP) is 2.47. The van der Waals surface area contributed by atoms with Crippen molar-refractivity contribution in [2.45, 2.75) is 27.2 Å². The van der Waals surface area contributed by atoms with Crippen molar-refractivity contribution < 1.29 is 0 Å². The van der Waals surface area contributed by atoms with Gasteiger partial charge in [0.2, 0.25) is 0 Å². The first kappa shape index (κ1) is 13.9. The number of aromatic nitrogens is 1. The number of rotatable bonds is 7. The first-order valence-corrected chi connectivity index (χ1v) is 6.82. The summed E-state index contributed by atoms with van der Waals surface area (Å²) in [7, 11) is 0. The zero-order valence-corrected chi connectivity index (χ0v) is 11.6. The maximum absolute atomic E-state index is 8.99. The van der Waals surface area contributed by atoms with Crippen LogP contribution in [0.2, 0.25) is 0 Å². The van der Waals surface area contributed by atoms with Gasteiger partial charge in [0.15, 0.2) is 0 Å². The number of nitrogens with zero attached hydrogens (tertiary/aromatic N) is 3. The molecule has 1 rings (SSSR count). The molecule has 0 saturated heterocycles. The fraction of sp³-hybridized carbons (Fsp3) is 0.667. The molecule has 94 valence electrons. The number of likely N-dealkylation sites (N-methyl/N-ethyl adjacent to an activating group) is 1. The smallest absolute Gasteiger partial charge is 0.127 e. The molecule has 1 heterocycles. The number of hydrogen-bond donors (Lipinski definition) is 1. The summed E-state index contributed by atoms with van der Waals surface area (Å²) in [5.74, 6) is 0. The molecule has 0 spiro atoms. The number of nitrogens with one attached hydrogen (secondary N) is 1. The van der Waals surface area contributed by atoms with E-state index in [2.05, 4.69) is 34.5 Å². The molecule has 0 aromatic carbocycles. The second-order valence-electron chi connectivity index (χ2n) is 3.94. The fourth-order valence-corrected chi connectivity index (χ4v) is 2.46. The highest BCUT2D eigenvalue weighted by Crippen LogP contribution is 2.22. The normalized spacial score (nSPS) is 10.5. The predicted molar refractivity (Wildman–Crippen MR) is 72.5 cm³/mol. The van der Waals surface area contributed by atoms with E-state index in [1.165, 1.54) is 18.0 Å². The third kappa shape index (κ3) is 3.99. The molecule has 0 unspecified atom stereocenters. The van der Waals surface area contributed by atoms with E-state index in [1.54, 1.807) is 0 Å². The minimum Gasteiger partial charge on any atom is -0.373 e. The highest BCUT2D eigenvalue weighted by molar-refractivity contribution is 7.10. The molecule has 0 fully saturated rings. The highest BCUT2D eigenvalue weighted by atomic mass is 32.1. The van der Waals surface area contributed by atoms with Gasteiger partial charge in [-0.3, -0.25) is 0 Å². The molecule has 0 amide bonds. The van der Waals surface area contributed by atoms with E-state index >= 15 is 0 Å². The van der Waals surface area contributed by atoms with E-state index in [9.17, 15) is 0 Å². The lowest BCUT2D eigenvalue weighted by atomic mass is 10.3. The van der Waals surface area contributed by atoms with Crippen LogP contribution >= 0.6 is 11.5 Å². The summed E-state index contributed by atoms with van der Waals surface area (Å²) in [6.07, 6.45) is 1.18. The van der Waals surface area contributed by atoms with Crippen molar-refractivity contribution in [3.8, 4) is 6.07 Å². The molecular weight excluding hydrogens is 232 g/mol. The van der Waals surface area contributed by atoms with E-state index in [0.29, 0.717) is 5.56 Å². The molecule has 0 saturated carbocycles. The van der Waals surface area contributed by atoms with Crippen LogP contribution in [0.4, 0.5) is 5.00 Å². The van der Waals surface area contributed by atoms with Crippen LogP contribution in [0, 0.1) is 18.3 Å². The van der Waals surface area contributed by atoms with Gasteiger partial charge >= 0.3 is 0 Å². The molecule has 0 bridgehead atoms. The standard InChI is InChI=1S/C12H20N4S/c1-4-7-16(5-2)8-6-14-12-11(9-13)10(3)15-17-12/h14H,4-8H2,1-3H3. The molecule has 4 nitrogen and oxygen atoms in total. The lowest BCUT2D eigenvalue weighted by molar-refractivity contribution is 0.300. The Morgan fingerprint density at radius 1 is 1.41 bits per heavy atom. The zero-order valence-electron chi connectivity index (χ0n) is 10.8. The molecule has 17 heavy (non-hydrogen) atoms. The van der Waals surface area contributed by atoms with E-state index < -0.39 is 0 Å². The Bertz CT molecular complexity index is 380. The first-order valence-electron chi connectivity index (χ1n) is 6.05. The SMILES string of the molecule is CCCN(CC)CCNc1snc(C)c1C#N. The van der Waals surface area contributed by atoms with Crippen LogP contribution < -0.4 is 5.32 Å². The summed E-state index contributed by atoms with van der Waals surface area (Å²) in [4.78, 5) is 2.40. The highest BCUT2D eigenvalue weighted by Gasteiger charge is 2.09. The number of anilines is 1. The van der Waals surface area contributed by atoms with Gasteiger partial charge in [-0.05, 0) is 38.0 Å². The minimum absolute atomic E-state index is 0.688. The van der Waals surface area contributed by atoms with Gasteiger partial charge in [-0.2, -0.15) is 9.64 Å². The van der Waals surface area contributed by atoms with Gasteiger partial charge in [-0.1, -0.05) is 13.8 Å². The lowest BCUT2D eigenvalue weighted by Crippen LogP contribution is -2.29. The van der Waals surface area contributed by atoms with Crippen molar-refractivity contribution in [1.29, 1.82) is 5.26 Å². The van der Waals surface area contributed by atoms with Crippen molar-refractivity contribution in [3.63, 3.8) is 0 Å². The van der Waals surface area contributed by atoms with Crippen molar-refractivity contribution in [2.75, 3.05) is 31.5 Å². The van der Waals surface area contributed by atoms with Crippen LogP contribution in [0.5, 0.6) is 0 Å². The summed E-state index contributed by atoms with van der Waals surface area (Å²) >= 11 is 1.37. The Morgan fingerprint density at radius 3 is 2.76 bits per heavy atom. The fourth-order valence-electron chi connectivity index (χ4n) is 1.69. The summed E-state index contributed by atoms with van der Waals surface area (Å²) in [5, 5.41) is 13.2. The Balaban J connectivity index is 2.43. The van der Waals surface area contributed by atoms with Crippen molar-refractivity contribution in [2.24, 2.45) is 0 Å². The number of nitriles is 1. The monoisotopic (exact) mass is 252 g/mol. The Hall–Kier alpha value is -1.12. The van der Waals surface area contributed by atoms with Crippen LogP contribution in [-0.2, 0) is 0 Å². The maximum Gasteiger partial charge on any atom is 0.127 e.